The summed E-state index contributed by atoms with van der Waals surface area (Å²) in [6, 6.07) is 81.4. The fourth-order valence-corrected chi connectivity index (χ4v) is 11.9. The van der Waals surface area contributed by atoms with Crippen molar-refractivity contribution in [1.29, 1.82) is 0 Å². The maximum absolute atomic E-state index is 2.52. The Morgan fingerprint density at radius 3 is 1.87 bits per heavy atom. The molecule has 0 fully saturated rings. The normalized spacial score (nSPS) is 14.5. The molecule has 10 aromatic rings. The molecule has 0 unspecified atom stereocenters. The van der Waals surface area contributed by atoms with Crippen LogP contribution in [0.15, 0.2) is 231 Å². The maximum Gasteiger partial charge on any atom is 0.0714 e. The van der Waals surface area contributed by atoms with Crippen LogP contribution < -0.4 is 4.90 Å². The fraction of sp³-hybridized carbons (Fsp3) is 0.0769. The van der Waals surface area contributed by atoms with Crippen molar-refractivity contribution in [1.82, 2.24) is 4.57 Å². The molecule has 13 rings (SSSR count). The van der Waals surface area contributed by atoms with E-state index < -0.39 is 5.41 Å². The van der Waals surface area contributed by atoms with Crippen molar-refractivity contribution in [2.75, 3.05) is 4.90 Å². The molecule has 2 heteroatoms. The Morgan fingerprint density at radius 1 is 0.448 bits per heavy atom. The minimum absolute atomic E-state index is 0.154. The van der Waals surface area contributed by atoms with Gasteiger partial charge in [0.05, 0.1) is 22.3 Å². The molecular weight excluding hydrogens is 809 g/mol. The number of para-hydroxylation sites is 1. The molecule has 0 saturated carbocycles. The first-order valence-electron chi connectivity index (χ1n) is 23.6. The summed E-state index contributed by atoms with van der Waals surface area (Å²) in [4.78, 5) is 2.52. The minimum Gasteiger partial charge on any atom is -0.310 e. The van der Waals surface area contributed by atoms with Crippen molar-refractivity contribution in [2.45, 2.75) is 31.1 Å². The molecule has 3 aliphatic rings. The summed E-state index contributed by atoms with van der Waals surface area (Å²) in [5, 5.41) is 1.27. The lowest BCUT2D eigenvalue weighted by Crippen LogP contribution is -2.28. The number of benzene rings is 9. The van der Waals surface area contributed by atoms with Crippen LogP contribution in [-0.2, 0) is 10.8 Å². The van der Waals surface area contributed by atoms with E-state index in [2.05, 4.69) is 266 Å². The summed E-state index contributed by atoms with van der Waals surface area (Å²) in [6.07, 6.45) is 10.0. The molecule has 1 aromatic heterocycles. The topological polar surface area (TPSA) is 8.17 Å². The molecule has 0 atom stereocenters. The van der Waals surface area contributed by atoms with Crippen molar-refractivity contribution >= 4 is 40.1 Å². The van der Waals surface area contributed by atoms with Crippen LogP contribution in [0.25, 0.3) is 62.1 Å². The molecule has 67 heavy (non-hydrogen) atoms. The number of rotatable bonds is 7. The Labute approximate surface area is 393 Å². The van der Waals surface area contributed by atoms with Gasteiger partial charge in [0.2, 0.25) is 0 Å². The van der Waals surface area contributed by atoms with Crippen LogP contribution in [0.4, 0.5) is 17.1 Å². The first-order valence-corrected chi connectivity index (χ1v) is 23.6. The lowest BCUT2D eigenvalue weighted by Gasteiger charge is -2.34. The number of allylic oxidation sites excluding steroid dienone is 2. The standard InChI is InChI=1S/C65H48N2/c1-64(2)56-30-15-12-26-51(56)52-41-40-50(43-59(52)64)66(62-35-19-32-58-63(62)55-29-13-16-31-57(55)65(58,46-21-6-3-7-22-46)47-23-8-4-9-24-47)48-38-36-44(37-39-48)45-20-18-25-49(42-45)67-60-33-11-5-10-27-53(60)54-28-14-17-34-61(54)67/h3-4,6-43H,5H2,1-2H3. The summed E-state index contributed by atoms with van der Waals surface area (Å²) in [5.74, 6) is 0. The summed E-state index contributed by atoms with van der Waals surface area (Å²) in [6.45, 7) is 4.75. The highest BCUT2D eigenvalue weighted by atomic mass is 15.1. The van der Waals surface area contributed by atoms with Gasteiger partial charge in [-0.15, -0.1) is 0 Å². The zero-order valence-electron chi connectivity index (χ0n) is 37.7. The van der Waals surface area contributed by atoms with Gasteiger partial charge in [0.25, 0.3) is 0 Å². The van der Waals surface area contributed by atoms with Gasteiger partial charge < -0.3 is 9.47 Å². The van der Waals surface area contributed by atoms with E-state index in [4.69, 9.17) is 0 Å². The van der Waals surface area contributed by atoms with Crippen molar-refractivity contribution in [3.05, 3.63) is 275 Å². The number of fused-ring (bicyclic) bond motifs is 9. The van der Waals surface area contributed by atoms with Gasteiger partial charge in [0.1, 0.15) is 0 Å². The average Bonchev–Trinajstić information content (AvgIpc) is 3.85. The van der Waals surface area contributed by atoms with Crippen LogP contribution in [0.1, 0.15) is 64.9 Å². The number of anilines is 3. The maximum atomic E-state index is 2.52. The molecule has 2 nitrogen and oxygen atoms in total. The van der Waals surface area contributed by atoms with Crippen LogP contribution >= 0.6 is 0 Å². The number of hydrogen-bond acceptors (Lipinski definition) is 1. The number of aromatic nitrogens is 1. The molecule has 0 aliphatic heterocycles. The molecule has 3 aliphatic carbocycles. The molecule has 0 N–H and O–H groups in total. The fourth-order valence-electron chi connectivity index (χ4n) is 11.9. The third-order valence-electron chi connectivity index (χ3n) is 14.9. The van der Waals surface area contributed by atoms with E-state index in [0.717, 1.165) is 29.2 Å². The van der Waals surface area contributed by atoms with Crippen molar-refractivity contribution in [3.8, 4) is 39.1 Å². The SMILES string of the molecule is CC1(C)c2ccccc2-c2ccc(N(c3ccc(-c4cccc(-n5c6c(c7ccccc75)C=CCC=C6)c4)cc3)c3cccc4c3-c3ccccc3C4(c3ccccc3)c3ccccc3)cc21. The van der Waals surface area contributed by atoms with E-state index >= 15 is 0 Å². The van der Waals surface area contributed by atoms with Crippen LogP contribution in [0.5, 0.6) is 0 Å². The van der Waals surface area contributed by atoms with Gasteiger partial charge in [-0.1, -0.05) is 202 Å². The first kappa shape index (κ1) is 39.2. The highest BCUT2D eigenvalue weighted by Gasteiger charge is 2.47. The van der Waals surface area contributed by atoms with E-state index in [-0.39, 0.29) is 5.41 Å². The van der Waals surface area contributed by atoms with Crippen LogP contribution in [0.3, 0.4) is 0 Å². The van der Waals surface area contributed by atoms with Gasteiger partial charge in [0.15, 0.2) is 0 Å². The molecule has 0 saturated heterocycles. The quantitative estimate of drug-likeness (QED) is 0.155. The smallest absolute Gasteiger partial charge is 0.0714 e. The Hall–Kier alpha value is -8.20. The Kier molecular flexibility index (Phi) is 8.88. The van der Waals surface area contributed by atoms with E-state index in [1.807, 2.05) is 0 Å². The Balaban J connectivity index is 1.00. The second-order valence-electron chi connectivity index (χ2n) is 18.8. The van der Waals surface area contributed by atoms with E-state index in [1.165, 1.54) is 88.9 Å². The third-order valence-corrected chi connectivity index (χ3v) is 14.9. The van der Waals surface area contributed by atoms with Crippen molar-refractivity contribution in [2.24, 2.45) is 0 Å². The van der Waals surface area contributed by atoms with E-state index in [9.17, 15) is 0 Å². The van der Waals surface area contributed by atoms with Crippen LogP contribution in [0.2, 0.25) is 0 Å². The molecule has 0 amide bonds. The van der Waals surface area contributed by atoms with Gasteiger partial charge in [-0.3, -0.25) is 0 Å². The molecule has 9 aromatic carbocycles. The predicted octanol–water partition coefficient (Wildman–Crippen LogP) is 16.9. The Bertz CT molecular complexity index is 3580. The van der Waals surface area contributed by atoms with Crippen molar-refractivity contribution < 1.29 is 0 Å². The van der Waals surface area contributed by atoms with Crippen LogP contribution in [-0.4, -0.2) is 4.57 Å². The monoisotopic (exact) mass is 856 g/mol. The summed E-state index contributed by atoms with van der Waals surface area (Å²) in [7, 11) is 0. The summed E-state index contributed by atoms with van der Waals surface area (Å²) in [5.41, 5.74) is 22.9. The van der Waals surface area contributed by atoms with Gasteiger partial charge in [-0.2, -0.15) is 0 Å². The first-order chi connectivity index (χ1) is 33.0. The second-order valence-corrected chi connectivity index (χ2v) is 18.8. The van der Waals surface area contributed by atoms with Crippen molar-refractivity contribution in [3.63, 3.8) is 0 Å². The molecule has 318 valence electrons. The van der Waals surface area contributed by atoms with Crippen LogP contribution in [0, 0.1) is 0 Å². The Morgan fingerprint density at radius 2 is 1.07 bits per heavy atom. The molecule has 1 heterocycles. The third kappa shape index (κ3) is 5.82. The molecule has 0 spiro atoms. The summed E-state index contributed by atoms with van der Waals surface area (Å²) >= 11 is 0. The van der Waals surface area contributed by atoms with Gasteiger partial charge in [-0.05, 0) is 122 Å². The van der Waals surface area contributed by atoms with Gasteiger partial charge in [-0.25, -0.2) is 0 Å². The number of nitrogens with zero attached hydrogens (tertiary/aromatic N) is 2. The number of hydrogen-bond donors (Lipinski definition) is 0. The highest BCUT2D eigenvalue weighted by Crippen LogP contribution is 2.60. The molecule has 0 radical (unpaired) electrons. The lowest BCUT2D eigenvalue weighted by atomic mass is 9.68. The average molecular weight is 857 g/mol. The zero-order valence-corrected chi connectivity index (χ0v) is 37.7. The van der Waals surface area contributed by atoms with Gasteiger partial charge in [0, 0.05) is 39.0 Å². The highest BCUT2D eigenvalue weighted by molar-refractivity contribution is 5.99. The molecular formula is C65H48N2. The lowest BCUT2D eigenvalue weighted by molar-refractivity contribution is 0.660. The van der Waals surface area contributed by atoms with E-state index in [1.54, 1.807) is 0 Å². The van der Waals surface area contributed by atoms with E-state index in [0.29, 0.717) is 0 Å². The predicted molar refractivity (Wildman–Crippen MR) is 281 cm³/mol. The molecule has 0 bridgehead atoms. The largest absolute Gasteiger partial charge is 0.310 e. The minimum atomic E-state index is -0.512. The zero-order chi connectivity index (χ0) is 44.7. The van der Waals surface area contributed by atoms with Gasteiger partial charge >= 0.3 is 0 Å². The second kappa shape index (κ2) is 15.2. The summed E-state index contributed by atoms with van der Waals surface area (Å²) < 4.78 is 2.42.